The Kier molecular flexibility index (Phi) is 4.18. The van der Waals surface area contributed by atoms with Crippen LogP contribution in [-0.4, -0.2) is 20.4 Å². The number of hydrogen-bond donors (Lipinski definition) is 1. The molecule has 1 heterocycles. The number of benzene rings is 1. The number of rotatable bonds is 4. The van der Waals surface area contributed by atoms with Crippen molar-refractivity contribution in [2.75, 3.05) is 7.05 Å². The van der Waals surface area contributed by atoms with E-state index in [0.29, 0.717) is 11.6 Å². The van der Waals surface area contributed by atoms with Gasteiger partial charge in [-0.2, -0.15) is 0 Å². The molecule has 19 heavy (non-hydrogen) atoms. The zero-order valence-electron chi connectivity index (χ0n) is 10.00. The second kappa shape index (κ2) is 5.68. The Morgan fingerprint density at radius 2 is 1.84 bits per heavy atom. The van der Waals surface area contributed by atoms with Crippen molar-refractivity contribution < 1.29 is 13.2 Å². The summed E-state index contributed by atoms with van der Waals surface area (Å²) in [4.78, 5) is 4.25. The number of nitrogens with one attached hydrogen (secondary N) is 1. The van der Waals surface area contributed by atoms with E-state index < -0.39 is 10.0 Å². The smallest absolute Gasteiger partial charge is 0.240 e. The first kappa shape index (κ1) is 14.0. The predicted molar refractivity (Wildman–Crippen MR) is 74.7 cm³/mol. The van der Waals surface area contributed by atoms with Gasteiger partial charge in [0.1, 0.15) is 5.75 Å². The predicted octanol–water partition coefficient (Wildman–Crippen LogP) is 2.54. The maximum absolute atomic E-state index is 11.5. The Hall–Kier alpha value is -1.44. The van der Waals surface area contributed by atoms with E-state index in [0.717, 1.165) is 4.47 Å². The van der Waals surface area contributed by atoms with Crippen LogP contribution in [0.15, 0.2) is 52.0 Å². The first-order valence-corrected chi connectivity index (χ1v) is 7.62. The summed E-state index contributed by atoms with van der Waals surface area (Å²) in [6, 6.07) is 9.62. The molecule has 1 aromatic carbocycles. The average molecular weight is 343 g/mol. The van der Waals surface area contributed by atoms with E-state index in [-0.39, 0.29) is 4.90 Å². The van der Waals surface area contributed by atoms with Gasteiger partial charge in [-0.1, -0.05) is 0 Å². The number of hydrogen-bond acceptors (Lipinski definition) is 4. The van der Waals surface area contributed by atoms with Crippen molar-refractivity contribution in [3.63, 3.8) is 0 Å². The van der Waals surface area contributed by atoms with Crippen molar-refractivity contribution in [3.8, 4) is 11.6 Å². The molecular formula is C12H11BrN2O3S. The van der Waals surface area contributed by atoms with E-state index in [1.165, 1.54) is 19.2 Å². The number of aromatic nitrogens is 1. The number of halogens is 1. The fourth-order valence-electron chi connectivity index (χ4n) is 1.35. The van der Waals surface area contributed by atoms with Crippen molar-refractivity contribution in [1.29, 1.82) is 0 Å². The molecule has 0 saturated carbocycles. The van der Waals surface area contributed by atoms with Gasteiger partial charge in [0.2, 0.25) is 15.9 Å². The summed E-state index contributed by atoms with van der Waals surface area (Å²) in [6.45, 7) is 0. The summed E-state index contributed by atoms with van der Waals surface area (Å²) in [6.07, 6.45) is 1.62. The number of ether oxygens (including phenoxy) is 1. The number of pyridine rings is 1. The van der Waals surface area contributed by atoms with Crippen molar-refractivity contribution >= 4 is 26.0 Å². The van der Waals surface area contributed by atoms with Crippen molar-refractivity contribution in [3.05, 3.63) is 47.1 Å². The molecule has 0 amide bonds. The minimum Gasteiger partial charge on any atom is -0.439 e. The van der Waals surface area contributed by atoms with E-state index in [1.807, 2.05) is 6.07 Å². The molecule has 0 unspecified atom stereocenters. The molecule has 1 N–H and O–H groups in total. The lowest BCUT2D eigenvalue weighted by atomic mass is 10.3. The highest BCUT2D eigenvalue weighted by Crippen LogP contribution is 2.22. The first-order chi connectivity index (χ1) is 9.01. The zero-order valence-corrected chi connectivity index (χ0v) is 12.4. The Bertz CT molecular complexity index is 654. The quantitative estimate of drug-likeness (QED) is 0.926. The van der Waals surface area contributed by atoms with E-state index >= 15 is 0 Å². The lowest BCUT2D eigenvalue weighted by Gasteiger charge is -2.06. The van der Waals surface area contributed by atoms with Gasteiger partial charge < -0.3 is 4.74 Å². The van der Waals surface area contributed by atoms with Crippen LogP contribution in [0, 0.1) is 0 Å². The molecule has 0 spiro atoms. The monoisotopic (exact) mass is 342 g/mol. The summed E-state index contributed by atoms with van der Waals surface area (Å²) in [7, 11) is -2.05. The van der Waals surface area contributed by atoms with E-state index in [1.54, 1.807) is 24.4 Å². The van der Waals surface area contributed by atoms with Crippen LogP contribution in [0.5, 0.6) is 11.6 Å². The van der Waals surface area contributed by atoms with Crippen LogP contribution >= 0.6 is 15.9 Å². The summed E-state index contributed by atoms with van der Waals surface area (Å²) >= 11 is 3.28. The fraction of sp³-hybridized carbons (Fsp3) is 0.0833. The number of nitrogens with zero attached hydrogens (tertiary/aromatic N) is 1. The highest BCUT2D eigenvalue weighted by molar-refractivity contribution is 9.10. The largest absolute Gasteiger partial charge is 0.439 e. The van der Waals surface area contributed by atoms with Gasteiger partial charge in [-0.25, -0.2) is 18.1 Å². The molecule has 100 valence electrons. The third kappa shape index (κ3) is 3.52. The SMILES string of the molecule is CNS(=O)(=O)c1ccc(Oc2ccc(Br)cn2)cc1. The number of sulfonamides is 1. The molecule has 0 aliphatic heterocycles. The Morgan fingerprint density at radius 3 is 2.37 bits per heavy atom. The van der Waals surface area contributed by atoms with Crippen molar-refractivity contribution in [2.45, 2.75) is 4.90 Å². The first-order valence-electron chi connectivity index (χ1n) is 5.34. The summed E-state index contributed by atoms with van der Waals surface area (Å²) in [5.41, 5.74) is 0. The van der Waals surface area contributed by atoms with Gasteiger partial charge in [-0.15, -0.1) is 0 Å². The summed E-state index contributed by atoms with van der Waals surface area (Å²) in [5, 5.41) is 0. The third-order valence-electron chi connectivity index (χ3n) is 2.33. The highest BCUT2D eigenvalue weighted by atomic mass is 79.9. The van der Waals surface area contributed by atoms with Crippen LogP contribution in [0.1, 0.15) is 0 Å². The molecule has 0 fully saturated rings. The second-order valence-electron chi connectivity index (χ2n) is 3.60. The summed E-state index contributed by atoms with van der Waals surface area (Å²) in [5.74, 6) is 0.956. The molecule has 0 aliphatic rings. The Balaban J connectivity index is 2.17. The highest BCUT2D eigenvalue weighted by Gasteiger charge is 2.10. The van der Waals surface area contributed by atoms with E-state index in [2.05, 4.69) is 25.6 Å². The molecule has 2 aromatic rings. The fourth-order valence-corrected chi connectivity index (χ4v) is 2.31. The van der Waals surface area contributed by atoms with Gasteiger partial charge in [-0.3, -0.25) is 0 Å². The molecule has 0 saturated heterocycles. The van der Waals surface area contributed by atoms with Crippen LogP contribution in [0.3, 0.4) is 0 Å². The molecule has 1 aromatic heterocycles. The van der Waals surface area contributed by atoms with Gasteiger partial charge in [0.05, 0.1) is 4.90 Å². The van der Waals surface area contributed by atoms with E-state index in [4.69, 9.17) is 4.74 Å². The van der Waals surface area contributed by atoms with Crippen LogP contribution in [-0.2, 0) is 10.0 Å². The maximum atomic E-state index is 11.5. The molecule has 0 radical (unpaired) electrons. The van der Waals surface area contributed by atoms with Crippen LogP contribution in [0.25, 0.3) is 0 Å². The molecule has 0 aliphatic carbocycles. The molecule has 2 rings (SSSR count). The molecule has 0 atom stereocenters. The average Bonchev–Trinajstić information content (AvgIpc) is 2.42. The topological polar surface area (TPSA) is 68.3 Å². The van der Waals surface area contributed by atoms with Gasteiger partial charge in [0.15, 0.2) is 0 Å². The van der Waals surface area contributed by atoms with Gasteiger partial charge in [-0.05, 0) is 53.3 Å². The molecule has 5 nitrogen and oxygen atoms in total. The van der Waals surface area contributed by atoms with Crippen molar-refractivity contribution in [2.24, 2.45) is 0 Å². The summed E-state index contributed by atoms with van der Waals surface area (Å²) < 4.78 is 31.7. The molecule has 7 heteroatoms. The Morgan fingerprint density at radius 1 is 1.16 bits per heavy atom. The lowest BCUT2D eigenvalue weighted by Crippen LogP contribution is -2.18. The second-order valence-corrected chi connectivity index (χ2v) is 6.40. The van der Waals surface area contributed by atoms with Gasteiger partial charge in [0, 0.05) is 16.7 Å². The minimum atomic E-state index is -3.42. The van der Waals surface area contributed by atoms with Gasteiger partial charge >= 0.3 is 0 Å². The van der Waals surface area contributed by atoms with Crippen LogP contribution in [0.4, 0.5) is 0 Å². The maximum Gasteiger partial charge on any atom is 0.240 e. The van der Waals surface area contributed by atoms with Crippen LogP contribution < -0.4 is 9.46 Å². The Labute approximate surface area is 119 Å². The van der Waals surface area contributed by atoms with Crippen molar-refractivity contribution in [1.82, 2.24) is 9.71 Å². The minimum absolute atomic E-state index is 0.186. The molecule has 0 bridgehead atoms. The van der Waals surface area contributed by atoms with Gasteiger partial charge in [0.25, 0.3) is 0 Å². The standard InChI is InChI=1S/C12H11BrN2O3S/c1-14-19(16,17)11-5-3-10(4-6-11)18-12-7-2-9(13)8-15-12/h2-8,14H,1H3. The lowest BCUT2D eigenvalue weighted by molar-refractivity contribution is 0.462. The molecular weight excluding hydrogens is 332 g/mol. The normalized spacial score (nSPS) is 11.3. The zero-order chi connectivity index (χ0) is 13.9. The third-order valence-corrected chi connectivity index (χ3v) is 4.22. The van der Waals surface area contributed by atoms with E-state index in [9.17, 15) is 8.42 Å². The van der Waals surface area contributed by atoms with Crippen LogP contribution in [0.2, 0.25) is 0 Å².